The quantitative estimate of drug-likeness (QED) is 0.686. The molecule has 144 valence electrons. The first-order valence-corrected chi connectivity index (χ1v) is 8.91. The van der Waals surface area contributed by atoms with Crippen LogP contribution in [-0.4, -0.2) is 51.4 Å². The number of hydrogen-bond donors (Lipinski definition) is 0. The van der Waals surface area contributed by atoms with E-state index in [4.69, 9.17) is 14.1 Å². The van der Waals surface area contributed by atoms with Gasteiger partial charge in [-0.3, -0.25) is 4.98 Å². The van der Waals surface area contributed by atoms with Gasteiger partial charge in [-0.1, -0.05) is 24.3 Å². The molecule has 0 radical (unpaired) electrons. The molecule has 3 aromatic rings. The second kappa shape index (κ2) is 7.59. The predicted octanol–water partition coefficient (Wildman–Crippen LogP) is 3.60. The lowest BCUT2D eigenvalue weighted by Crippen LogP contribution is -2.34. The van der Waals surface area contributed by atoms with Gasteiger partial charge in [0.2, 0.25) is 5.89 Å². The monoisotopic (exact) mass is 379 g/mol. The molecule has 1 aliphatic rings. The highest BCUT2D eigenvalue weighted by Gasteiger charge is 2.21. The third-order valence-corrected chi connectivity index (χ3v) is 4.57. The Morgan fingerprint density at radius 1 is 1.21 bits per heavy atom. The average molecular weight is 379 g/mol. The van der Waals surface area contributed by atoms with Crippen LogP contribution in [0.25, 0.3) is 28.6 Å². The molecule has 0 N–H and O–H groups in total. The summed E-state index contributed by atoms with van der Waals surface area (Å²) >= 11 is 0. The van der Waals surface area contributed by atoms with Gasteiger partial charge < -0.3 is 14.1 Å². The summed E-state index contributed by atoms with van der Waals surface area (Å²) in [7, 11) is 1.38. The third-order valence-electron chi connectivity index (χ3n) is 4.57. The van der Waals surface area contributed by atoms with E-state index in [1.54, 1.807) is 11.1 Å². The molecule has 28 heavy (non-hydrogen) atoms. The Bertz CT molecular complexity index is 1040. The van der Waals surface area contributed by atoms with Gasteiger partial charge in [-0.15, -0.1) is 10.2 Å². The van der Waals surface area contributed by atoms with E-state index in [1.807, 2.05) is 43.3 Å². The molecule has 3 heterocycles. The summed E-state index contributed by atoms with van der Waals surface area (Å²) in [5.74, 6) is 0.770. The first kappa shape index (κ1) is 17.8. The van der Waals surface area contributed by atoms with Crippen LogP contribution in [0.2, 0.25) is 0 Å². The van der Waals surface area contributed by atoms with Crippen molar-refractivity contribution in [2.75, 3.05) is 20.2 Å². The summed E-state index contributed by atoms with van der Waals surface area (Å²) < 4.78 is 10.6. The number of benzene rings is 1. The molecule has 8 nitrogen and oxygen atoms in total. The third kappa shape index (κ3) is 3.48. The molecule has 1 amide bonds. The largest absolute Gasteiger partial charge is 0.453 e. The smallest absolute Gasteiger partial charge is 0.409 e. The Morgan fingerprint density at radius 2 is 2.00 bits per heavy atom. The zero-order valence-corrected chi connectivity index (χ0v) is 15.6. The van der Waals surface area contributed by atoms with Crippen molar-refractivity contribution < 1.29 is 15.4 Å². The van der Waals surface area contributed by atoms with E-state index >= 15 is 0 Å². The molecule has 0 bridgehead atoms. The van der Waals surface area contributed by atoms with Crippen LogP contribution < -0.4 is 0 Å². The number of aromatic nitrogens is 4. The van der Waals surface area contributed by atoms with Crippen LogP contribution in [0.3, 0.4) is 0 Å². The molecular formula is C20H21N5O3. The number of aryl methyl sites for hydroxylation is 1. The van der Waals surface area contributed by atoms with Gasteiger partial charge in [-0.05, 0) is 31.1 Å². The van der Waals surface area contributed by atoms with Gasteiger partial charge in [0.15, 0.2) is 0 Å². The molecule has 8 heteroatoms. The van der Waals surface area contributed by atoms with Gasteiger partial charge in [0.05, 0.1) is 24.7 Å². The Balaban J connectivity index is 0.00000240. The number of carbonyl (C=O) groups is 1. The van der Waals surface area contributed by atoms with E-state index in [1.165, 1.54) is 7.11 Å². The molecule has 0 aliphatic carbocycles. The maximum atomic E-state index is 11.6. The van der Waals surface area contributed by atoms with Crippen molar-refractivity contribution in [2.24, 2.45) is 0 Å². The fourth-order valence-electron chi connectivity index (χ4n) is 3.02. The average Bonchev–Trinajstić information content (AvgIpc) is 3.24. The van der Waals surface area contributed by atoms with Crippen LogP contribution in [0.1, 0.15) is 19.2 Å². The van der Waals surface area contributed by atoms with Crippen LogP contribution >= 0.6 is 0 Å². The molecule has 0 saturated heterocycles. The standard InChI is InChI=1S/C20H19N5O3.H2/c1-13-17(19-24-23-18(28-19)15-6-4-3-5-7-15)22-16(12-21-13)14-8-10-25(11-9-14)20(26)27-2;/h3-8,12H,9-11H2,1-2H3;1H. The number of nitrogens with zero attached hydrogens (tertiary/aromatic N) is 5. The van der Waals surface area contributed by atoms with E-state index in [2.05, 4.69) is 15.2 Å². The Morgan fingerprint density at radius 3 is 2.71 bits per heavy atom. The molecule has 1 aliphatic heterocycles. The second-order valence-corrected chi connectivity index (χ2v) is 6.36. The molecule has 0 fully saturated rings. The summed E-state index contributed by atoms with van der Waals surface area (Å²) in [4.78, 5) is 22.4. The zero-order chi connectivity index (χ0) is 19.5. The van der Waals surface area contributed by atoms with E-state index in [0.717, 1.165) is 16.8 Å². The molecule has 0 unspecified atom stereocenters. The van der Waals surface area contributed by atoms with Crippen LogP contribution in [0.15, 0.2) is 47.0 Å². The lowest BCUT2D eigenvalue weighted by Gasteiger charge is -2.24. The highest BCUT2D eigenvalue weighted by molar-refractivity contribution is 5.71. The highest BCUT2D eigenvalue weighted by Crippen LogP contribution is 2.27. The Kier molecular flexibility index (Phi) is 4.84. The van der Waals surface area contributed by atoms with E-state index < -0.39 is 0 Å². The Labute approximate surface area is 163 Å². The summed E-state index contributed by atoms with van der Waals surface area (Å²) in [6.07, 6.45) is 4.04. The summed E-state index contributed by atoms with van der Waals surface area (Å²) in [5, 5.41) is 8.28. The molecular weight excluding hydrogens is 358 g/mol. The van der Waals surface area contributed by atoms with Gasteiger partial charge in [-0.25, -0.2) is 9.78 Å². The molecule has 4 rings (SSSR count). The van der Waals surface area contributed by atoms with Crippen molar-refractivity contribution in [3.8, 4) is 23.0 Å². The van der Waals surface area contributed by atoms with Gasteiger partial charge in [0.1, 0.15) is 5.69 Å². The number of methoxy groups -OCH3 is 1. The minimum absolute atomic E-state index is 0. The molecule has 0 atom stereocenters. The lowest BCUT2D eigenvalue weighted by molar-refractivity contribution is 0.128. The van der Waals surface area contributed by atoms with Crippen LogP contribution in [0.5, 0.6) is 0 Å². The van der Waals surface area contributed by atoms with Crippen molar-refractivity contribution in [1.82, 2.24) is 25.1 Å². The van der Waals surface area contributed by atoms with Gasteiger partial charge in [0.25, 0.3) is 5.89 Å². The number of rotatable bonds is 3. The van der Waals surface area contributed by atoms with Crippen LogP contribution in [0.4, 0.5) is 4.79 Å². The Hall–Kier alpha value is -3.55. The number of amides is 1. The second-order valence-electron chi connectivity index (χ2n) is 6.36. The van der Waals surface area contributed by atoms with Crippen molar-refractivity contribution in [3.05, 3.63) is 54.0 Å². The normalized spacial score (nSPS) is 13.9. The maximum Gasteiger partial charge on any atom is 0.409 e. The predicted molar refractivity (Wildman–Crippen MR) is 104 cm³/mol. The SMILES string of the molecule is COC(=O)N1CC=C(c2cnc(C)c(-c3nnc(-c4ccccc4)o3)n2)CC1.[HH]. The zero-order valence-electron chi connectivity index (χ0n) is 15.6. The first-order valence-electron chi connectivity index (χ1n) is 8.91. The van der Waals surface area contributed by atoms with Crippen molar-refractivity contribution in [1.29, 1.82) is 0 Å². The fraction of sp³-hybridized carbons (Fsp3) is 0.250. The minimum atomic E-state index is -0.328. The lowest BCUT2D eigenvalue weighted by atomic mass is 10.1. The van der Waals surface area contributed by atoms with Gasteiger partial charge in [-0.2, -0.15) is 0 Å². The van der Waals surface area contributed by atoms with Crippen molar-refractivity contribution in [2.45, 2.75) is 13.3 Å². The maximum absolute atomic E-state index is 11.6. The van der Waals surface area contributed by atoms with Gasteiger partial charge in [0, 0.05) is 20.1 Å². The molecule has 2 aromatic heterocycles. The minimum Gasteiger partial charge on any atom is -0.453 e. The summed E-state index contributed by atoms with van der Waals surface area (Å²) in [5.41, 5.74) is 3.88. The van der Waals surface area contributed by atoms with Gasteiger partial charge >= 0.3 is 6.09 Å². The molecule has 0 spiro atoms. The summed E-state index contributed by atoms with van der Waals surface area (Å²) in [6.45, 7) is 2.90. The van der Waals surface area contributed by atoms with Crippen LogP contribution in [-0.2, 0) is 4.74 Å². The van der Waals surface area contributed by atoms with Crippen LogP contribution in [0, 0.1) is 6.92 Å². The van der Waals surface area contributed by atoms with E-state index in [0.29, 0.717) is 42.7 Å². The fourth-order valence-corrected chi connectivity index (χ4v) is 3.02. The topological polar surface area (TPSA) is 94.2 Å². The first-order chi connectivity index (χ1) is 13.7. The number of ether oxygens (including phenoxy) is 1. The molecule has 1 aromatic carbocycles. The highest BCUT2D eigenvalue weighted by atomic mass is 16.5. The van der Waals surface area contributed by atoms with E-state index in [9.17, 15) is 4.79 Å². The number of carbonyl (C=O) groups excluding carboxylic acids is 1. The van der Waals surface area contributed by atoms with Crippen molar-refractivity contribution in [3.63, 3.8) is 0 Å². The van der Waals surface area contributed by atoms with Crippen molar-refractivity contribution >= 4 is 11.7 Å². The van der Waals surface area contributed by atoms with E-state index in [-0.39, 0.29) is 7.52 Å². The summed E-state index contributed by atoms with van der Waals surface area (Å²) in [6, 6.07) is 9.58. The molecule has 0 saturated carbocycles. The number of hydrogen-bond acceptors (Lipinski definition) is 7.